The molecule has 0 fully saturated rings. The number of nitro groups is 1. The Kier molecular flexibility index (Phi) is 4.36. The minimum absolute atomic E-state index is 0.116. The van der Waals surface area contributed by atoms with Crippen LogP contribution in [0.4, 0.5) is 11.4 Å². The summed E-state index contributed by atoms with van der Waals surface area (Å²) in [5.41, 5.74) is -0.399. The third-order valence-corrected chi connectivity index (χ3v) is 4.33. The van der Waals surface area contributed by atoms with Crippen molar-refractivity contribution in [3.05, 3.63) is 62.6 Å². The van der Waals surface area contributed by atoms with Crippen LogP contribution in [-0.4, -0.2) is 13.3 Å². The van der Waals surface area contributed by atoms with Crippen molar-refractivity contribution in [2.24, 2.45) is 0 Å². The van der Waals surface area contributed by atoms with Gasteiger partial charge in [0.25, 0.3) is 15.7 Å². The molecular formula is C12H8Cl2N2O4S. The van der Waals surface area contributed by atoms with E-state index in [1.807, 2.05) is 0 Å². The van der Waals surface area contributed by atoms with Gasteiger partial charge in [-0.2, -0.15) is 0 Å². The maximum Gasteiger partial charge on any atom is 0.289 e. The number of hydrogen-bond acceptors (Lipinski definition) is 4. The van der Waals surface area contributed by atoms with Gasteiger partial charge in [-0.1, -0.05) is 35.3 Å². The molecule has 0 saturated heterocycles. The molecule has 2 rings (SSSR count). The molecule has 0 radical (unpaired) electrons. The van der Waals surface area contributed by atoms with Gasteiger partial charge in [-0.3, -0.25) is 14.8 Å². The van der Waals surface area contributed by atoms with Gasteiger partial charge in [0, 0.05) is 16.1 Å². The fourth-order valence-electron chi connectivity index (χ4n) is 1.66. The van der Waals surface area contributed by atoms with Crippen molar-refractivity contribution in [3.63, 3.8) is 0 Å². The first-order chi connectivity index (χ1) is 9.79. The zero-order valence-electron chi connectivity index (χ0n) is 10.3. The van der Waals surface area contributed by atoms with Crippen molar-refractivity contribution >= 4 is 44.6 Å². The van der Waals surface area contributed by atoms with Crippen molar-refractivity contribution in [1.29, 1.82) is 0 Å². The molecule has 0 aliphatic rings. The van der Waals surface area contributed by atoms with E-state index in [4.69, 9.17) is 23.2 Å². The molecule has 0 aliphatic carbocycles. The molecule has 0 unspecified atom stereocenters. The van der Waals surface area contributed by atoms with E-state index >= 15 is 0 Å². The Labute approximate surface area is 130 Å². The molecule has 9 heteroatoms. The Balaban J connectivity index is 2.46. The molecule has 6 nitrogen and oxygen atoms in total. The second-order valence-electron chi connectivity index (χ2n) is 3.99. The number of halogens is 2. The lowest BCUT2D eigenvalue weighted by molar-refractivity contribution is -0.387. The number of para-hydroxylation sites is 1. The molecule has 0 bridgehead atoms. The third kappa shape index (κ3) is 3.63. The Morgan fingerprint density at radius 2 is 1.62 bits per heavy atom. The molecule has 0 heterocycles. The number of benzene rings is 2. The second-order valence-corrected chi connectivity index (χ2v) is 6.51. The van der Waals surface area contributed by atoms with Gasteiger partial charge in [-0.05, 0) is 24.3 Å². The number of sulfonamides is 1. The van der Waals surface area contributed by atoms with Crippen LogP contribution in [0.5, 0.6) is 0 Å². The molecule has 2 aromatic carbocycles. The molecular weight excluding hydrogens is 339 g/mol. The highest BCUT2D eigenvalue weighted by molar-refractivity contribution is 7.92. The molecule has 0 amide bonds. The molecule has 110 valence electrons. The van der Waals surface area contributed by atoms with Crippen molar-refractivity contribution in [2.75, 3.05) is 4.72 Å². The first kappa shape index (κ1) is 15.6. The lowest BCUT2D eigenvalue weighted by Crippen LogP contribution is -2.14. The minimum Gasteiger partial charge on any atom is -0.279 e. The van der Waals surface area contributed by atoms with E-state index in [2.05, 4.69) is 4.72 Å². The predicted molar refractivity (Wildman–Crippen MR) is 80.4 cm³/mol. The Morgan fingerprint density at radius 3 is 2.19 bits per heavy atom. The molecule has 0 aliphatic heterocycles. The van der Waals surface area contributed by atoms with Crippen molar-refractivity contribution < 1.29 is 13.3 Å². The monoisotopic (exact) mass is 346 g/mol. The number of nitrogens with zero attached hydrogens (tertiary/aromatic N) is 1. The number of nitrogens with one attached hydrogen (secondary N) is 1. The van der Waals surface area contributed by atoms with Gasteiger partial charge in [0.15, 0.2) is 4.90 Å². The van der Waals surface area contributed by atoms with E-state index in [0.717, 1.165) is 12.1 Å². The highest BCUT2D eigenvalue weighted by Gasteiger charge is 2.25. The van der Waals surface area contributed by atoms with Crippen LogP contribution in [0.15, 0.2) is 47.4 Å². The summed E-state index contributed by atoms with van der Waals surface area (Å²) in [6, 6.07) is 9.16. The number of rotatable bonds is 4. The maximum absolute atomic E-state index is 12.2. The third-order valence-electron chi connectivity index (χ3n) is 2.47. The molecule has 1 N–H and O–H groups in total. The predicted octanol–water partition coefficient (Wildman–Crippen LogP) is 3.70. The van der Waals surface area contributed by atoms with Crippen molar-refractivity contribution in [2.45, 2.75) is 4.90 Å². The first-order valence-corrected chi connectivity index (χ1v) is 7.76. The highest BCUT2D eigenvalue weighted by atomic mass is 35.5. The molecule has 0 saturated carbocycles. The van der Waals surface area contributed by atoms with E-state index in [0.29, 0.717) is 0 Å². The van der Waals surface area contributed by atoms with Crippen molar-refractivity contribution in [3.8, 4) is 0 Å². The summed E-state index contributed by atoms with van der Waals surface area (Å²) in [6.45, 7) is 0. The quantitative estimate of drug-likeness (QED) is 0.674. The highest BCUT2D eigenvalue weighted by Crippen LogP contribution is 2.28. The van der Waals surface area contributed by atoms with E-state index in [-0.39, 0.29) is 15.7 Å². The van der Waals surface area contributed by atoms with Gasteiger partial charge in [-0.25, -0.2) is 8.42 Å². The largest absolute Gasteiger partial charge is 0.289 e. The average Bonchev–Trinajstić information content (AvgIpc) is 2.36. The van der Waals surface area contributed by atoms with Gasteiger partial charge in [-0.15, -0.1) is 0 Å². The summed E-state index contributed by atoms with van der Waals surface area (Å²) in [7, 11) is -4.13. The summed E-state index contributed by atoms with van der Waals surface area (Å²) in [5.74, 6) is 0. The van der Waals surface area contributed by atoms with Crippen LogP contribution in [0.1, 0.15) is 0 Å². The summed E-state index contributed by atoms with van der Waals surface area (Å²) in [5, 5.41) is 11.4. The maximum atomic E-state index is 12.2. The van der Waals surface area contributed by atoms with E-state index in [9.17, 15) is 18.5 Å². The van der Waals surface area contributed by atoms with Gasteiger partial charge < -0.3 is 0 Å². The molecule has 2 aromatic rings. The number of hydrogen-bond donors (Lipinski definition) is 1. The van der Waals surface area contributed by atoms with Gasteiger partial charge in [0.1, 0.15) is 0 Å². The lowest BCUT2D eigenvalue weighted by Gasteiger charge is -2.09. The SMILES string of the molecule is O=[N+]([O-])c1ccccc1S(=O)(=O)Nc1cc(Cl)cc(Cl)c1. The first-order valence-electron chi connectivity index (χ1n) is 5.52. The van der Waals surface area contributed by atoms with E-state index < -0.39 is 25.5 Å². The van der Waals surface area contributed by atoms with Crippen LogP contribution in [0, 0.1) is 10.1 Å². The lowest BCUT2D eigenvalue weighted by atomic mass is 10.3. The summed E-state index contributed by atoms with van der Waals surface area (Å²) in [4.78, 5) is 9.70. The Morgan fingerprint density at radius 1 is 1.05 bits per heavy atom. The average molecular weight is 347 g/mol. The van der Waals surface area contributed by atoms with Gasteiger partial charge in [0.05, 0.1) is 10.6 Å². The normalized spacial score (nSPS) is 11.1. The van der Waals surface area contributed by atoms with E-state index in [1.165, 1.54) is 30.3 Å². The molecule has 0 spiro atoms. The smallest absolute Gasteiger partial charge is 0.279 e. The van der Waals surface area contributed by atoms with Crippen molar-refractivity contribution in [1.82, 2.24) is 0 Å². The minimum atomic E-state index is -4.13. The van der Waals surface area contributed by atoms with Gasteiger partial charge >= 0.3 is 0 Å². The second kappa shape index (κ2) is 5.88. The Hall–Kier alpha value is -1.83. The number of nitro benzene ring substituents is 1. The van der Waals surface area contributed by atoms with Crippen LogP contribution in [0.3, 0.4) is 0 Å². The Bertz CT molecular complexity index is 788. The fraction of sp³-hybridized carbons (Fsp3) is 0. The summed E-state index contributed by atoms with van der Waals surface area (Å²) >= 11 is 11.6. The fourth-order valence-corrected chi connectivity index (χ4v) is 3.40. The molecule has 0 aromatic heterocycles. The van der Waals surface area contributed by atoms with Crippen LogP contribution in [-0.2, 0) is 10.0 Å². The zero-order valence-corrected chi connectivity index (χ0v) is 12.6. The van der Waals surface area contributed by atoms with Crippen LogP contribution >= 0.6 is 23.2 Å². The van der Waals surface area contributed by atoms with Crippen LogP contribution in [0.2, 0.25) is 10.0 Å². The summed E-state index contributed by atoms with van der Waals surface area (Å²) in [6.07, 6.45) is 0. The topological polar surface area (TPSA) is 89.3 Å². The molecule has 0 atom stereocenters. The number of anilines is 1. The standard InChI is InChI=1S/C12H8Cl2N2O4S/c13-8-5-9(14)7-10(6-8)15-21(19,20)12-4-2-1-3-11(12)16(17)18/h1-7,15H. The zero-order chi connectivity index (χ0) is 15.6. The van der Waals surface area contributed by atoms with Gasteiger partial charge in [0.2, 0.25) is 0 Å². The molecule has 21 heavy (non-hydrogen) atoms. The van der Waals surface area contributed by atoms with Crippen LogP contribution < -0.4 is 4.72 Å². The van der Waals surface area contributed by atoms with Crippen LogP contribution in [0.25, 0.3) is 0 Å². The van der Waals surface area contributed by atoms with E-state index in [1.54, 1.807) is 0 Å². The summed E-state index contributed by atoms with van der Waals surface area (Å²) < 4.78 is 26.7.